The fourth-order valence-corrected chi connectivity index (χ4v) is 7.23. The fourth-order valence-electron chi connectivity index (χ4n) is 5.01. The Labute approximate surface area is 273 Å². The molecule has 3 aromatic carbocycles. The van der Waals surface area contributed by atoms with Crippen LogP contribution in [0.4, 0.5) is 5.69 Å². The van der Waals surface area contributed by atoms with Gasteiger partial charge < -0.3 is 10.2 Å². The fraction of sp³-hybridized carbons (Fsp3) is 0.355. The minimum atomic E-state index is -4.26. The van der Waals surface area contributed by atoms with E-state index >= 15 is 0 Å². The third kappa shape index (κ3) is 8.17. The van der Waals surface area contributed by atoms with E-state index in [0.29, 0.717) is 15.6 Å². The first-order valence-electron chi connectivity index (χ1n) is 14.0. The van der Waals surface area contributed by atoms with Crippen molar-refractivity contribution in [2.75, 3.05) is 10.8 Å². The van der Waals surface area contributed by atoms with Gasteiger partial charge in [-0.3, -0.25) is 13.9 Å². The van der Waals surface area contributed by atoms with E-state index in [-0.39, 0.29) is 39.1 Å². The maximum absolute atomic E-state index is 14.2. The lowest BCUT2D eigenvalue weighted by Crippen LogP contribution is -2.53. The zero-order valence-corrected chi connectivity index (χ0v) is 27.7. The summed E-state index contributed by atoms with van der Waals surface area (Å²) in [4.78, 5) is 28.9. The first-order valence-corrected chi connectivity index (χ1v) is 16.9. The number of sulfonamides is 1. The molecular formula is C31H33Cl4N3O4S. The molecule has 1 fully saturated rings. The van der Waals surface area contributed by atoms with Gasteiger partial charge in [0.1, 0.15) is 12.6 Å². The molecule has 0 heterocycles. The predicted molar refractivity (Wildman–Crippen MR) is 174 cm³/mol. The van der Waals surface area contributed by atoms with Gasteiger partial charge in [0.15, 0.2) is 0 Å². The Morgan fingerprint density at radius 3 is 2.12 bits per heavy atom. The smallest absolute Gasteiger partial charge is 0.264 e. The number of halogens is 4. The van der Waals surface area contributed by atoms with Crippen LogP contribution in [0.1, 0.15) is 50.2 Å². The maximum Gasteiger partial charge on any atom is 0.264 e. The van der Waals surface area contributed by atoms with E-state index in [2.05, 4.69) is 5.32 Å². The second kappa shape index (κ2) is 14.5. The van der Waals surface area contributed by atoms with E-state index in [0.717, 1.165) is 42.0 Å². The van der Waals surface area contributed by atoms with Gasteiger partial charge in [-0.05, 0) is 69.2 Å². The molecule has 4 rings (SSSR count). The topological polar surface area (TPSA) is 86.8 Å². The van der Waals surface area contributed by atoms with E-state index in [1.165, 1.54) is 35.2 Å². The summed E-state index contributed by atoms with van der Waals surface area (Å²) in [6.45, 7) is 2.71. The van der Waals surface area contributed by atoms with Crippen molar-refractivity contribution in [1.29, 1.82) is 0 Å². The van der Waals surface area contributed by atoms with Crippen molar-refractivity contribution >= 4 is 73.9 Å². The Balaban J connectivity index is 1.73. The SMILES string of the molecule is Cc1ccc(S(=O)(=O)N(CC(=O)N(Cc2c(Cl)cccc2Cl)[C@H](C)C(=O)NC2CCCCC2)c2ccc(Cl)c(Cl)c2)cc1. The molecule has 0 aliphatic heterocycles. The van der Waals surface area contributed by atoms with Gasteiger partial charge in [0.05, 0.1) is 20.6 Å². The van der Waals surface area contributed by atoms with Crippen LogP contribution in [0.15, 0.2) is 65.6 Å². The number of rotatable bonds is 10. The van der Waals surface area contributed by atoms with Crippen LogP contribution < -0.4 is 9.62 Å². The summed E-state index contributed by atoms with van der Waals surface area (Å²) in [6, 6.07) is 14.6. The lowest BCUT2D eigenvalue weighted by atomic mass is 9.95. The minimum absolute atomic E-state index is 0.0131. The molecule has 7 nitrogen and oxygen atoms in total. The molecule has 0 aromatic heterocycles. The summed E-state index contributed by atoms with van der Waals surface area (Å²) in [5.41, 5.74) is 1.45. The van der Waals surface area contributed by atoms with Crippen molar-refractivity contribution in [3.8, 4) is 0 Å². The Morgan fingerprint density at radius 2 is 1.51 bits per heavy atom. The second-order valence-corrected chi connectivity index (χ2v) is 14.2. The summed E-state index contributed by atoms with van der Waals surface area (Å²) < 4.78 is 28.9. The van der Waals surface area contributed by atoms with Gasteiger partial charge in [-0.1, -0.05) is 89.4 Å². The number of nitrogens with one attached hydrogen (secondary N) is 1. The standard InChI is InChI=1S/C31H33Cl4N3O4S/c1-20-11-14-24(15-12-20)43(41,42)38(23-13-16-28(34)29(35)17-23)19-30(39)37(18-25-26(32)9-6-10-27(25)33)21(2)31(40)36-22-7-4-3-5-8-22/h6,9-17,21-22H,3-5,7-8,18-19H2,1-2H3,(H,36,40)/t21-/m1/s1. The summed E-state index contributed by atoms with van der Waals surface area (Å²) in [6.07, 6.45) is 4.89. The van der Waals surface area contributed by atoms with Crippen molar-refractivity contribution in [3.63, 3.8) is 0 Å². The lowest BCUT2D eigenvalue weighted by molar-refractivity contribution is -0.139. The third-order valence-corrected chi connectivity index (χ3v) is 10.8. The molecule has 1 aliphatic rings. The minimum Gasteiger partial charge on any atom is -0.352 e. The number of hydrogen-bond acceptors (Lipinski definition) is 4. The van der Waals surface area contributed by atoms with Crippen molar-refractivity contribution in [2.45, 2.75) is 69.5 Å². The summed E-state index contributed by atoms with van der Waals surface area (Å²) in [7, 11) is -4.26. The first kappa shape index (κ1) is 33.4. The molecule has 43 heavy (non-hydrogen) atoms. The van der Waals surface area contributed by atoms with Gasteiger partial charge in [-0.15, -0.1) is 0 Å². The summed E-state index contributed by atoms with van der Waals surface area (Å²) >= 11 is 25.3. The van der Waals surface area contributed by atoms with Crippen LogP contribution in [0.25, 0.3) is 0 Å². The highest BCUT2D eigenvalue weighted by atomic mass is 35.5. The molecule has 3 aromatic rings. The number of benzene rings is 3. The molecule has 1 N–H and O–H groups in total. The molecule has 12 heteroatoms. The molecule has 0 spiro atoms. The van der Waals surface area contributed by atoms with Gasteiger partial charge in [-0.25, -0.2) is 8.42 Å². The van der Waals surface area contributed by atoms with Gasteiger partial charge in [0.2, 0.25) is 11.8 Å². The van der Waals surface area contributed by atoms with Crippen LogP contribution in [0.5, 0.6) is 0 Å². The molecule has 0 radical (unpaired) electrons. The highest BCUT2D eigenvalue weighted by Crippen LogP contribution is 2.32. The Morgan fingerprint density at radius 1 is 0.884 bits per heavy atom. The van der Waals surface area contributed by atoms with Crippen LogP contribution >= 0.6 is 46.4 Å². The normalized spacial score (nSPS) is 14.7. The zero-order valence-electron chi connectivity index (χ0n) is 23.8. The van der Waals surface area contributed by atoms with Crippen LogP contribution in [-0.2, 0) is 26.2 Å². The van der Waals surface area contributed by atoms with Crippen molar-refractivity contribution in [3.05, 3.63) is 91.9 Å². The number of anilines is 1. The van der Waals surface area contributed by atoms with Crippen molar-refractivity contribution < 1.29 is 18.0 Å². The Hall–Kier alpha value is -2.49. The number of aryl methyl sites for hydroxylation is 1. The number of amides is 2. The summed E-state index contributed by atoms with van der Waals surface area (Å²) in [5, 5.41) is 4.05. The average molecular weight is 686 g/mol. The van der Waals surface area contributed by atoms with E-state index in [1.807, 2.05) is 6.92 Å². The third-order valence-electron chi connectivity index (χ3n) is 7.59. The molecule has 1 saturated carbocycles. The average Bonchev–Trinajstić information content (AvgIpc) is 2.97. The monoisotopic (exact) mass is 683 g/mol. The maximum atomic E-state index is 14.2. The highest BCUT2D eigenvalue weighted by Gasteiger charge is 2.34. The van der Waals surface area contributed by atoms with Crippen molar-refractivity contribution in [2.24, 2.45) is 0 Å². The molecule has 0 saturated heterocycles. The van der Waals surface area contributed by atoms with Gasteiger partial charge in [0, 0.05) is 28.2 Å². The molecule has 1 atom stereocenters. The Kier molecular flexibility index (Phi) is 11.3. The van der Waals surface area contributed by atoms with E-state index in [4.69, 9.17) is 46.4 Å². The quantitative estimate of drug-likeness (QED) is 0.238. The van der Waals surface area contributed by atoms with Crippen LogP contribution in [0.2, 0.25) is 20.1 Å². The molecule has 0 unspecified atom stereocenters. The number of carbonyl (C=O) groups excluding carboxylic acids is 2. The highest BCUT2D eigenvalue weighted by molar-refractivity contribution is 7.92. The lowest BCUT2D eigenvalue weighted by Gasteiger charge is -2.33. The van der Waals surface area contributed by atoms with Crippen LogP contribution in [-0.4, -0.2) is 43.8 Å². The largest absolute Gasteiger partial charge is 0.352 e. The molecule has 2 amide bonds. The van der Waals surface area contributed by atoms with E-state index in [1.54, 1.807) is 37.3 Å². The first-order chi connectivity index (χ1) is 20.4. The molecule has 0 bridgehead atoms. The Bertz CT molecular complexity index is 1560. The van der Waals surface area contributed by atoms with Crippen LogP contribution in [0, 0.1) is 6.92 Å². The molecule has 230 valence electrons. The van der Waals surface area contributed by atoms with Crippen LogP contribution in [0.3, 0.4) is 0 Å². The predicted octanol–water partition coefficient (Wildman–Crippen LogP) is 7.67. The number of hydrogen-bond donors (Lipinski definition) is 1. The van der Waals surface area contributed by atoms with Gasteiger partial charge >= 0.3 is 0 Å². The van der Waals surface area contributed by atoms with E-state index < -0.39 is 28.5 Å². The zero-order chi connectivity index (χ0) is 31.3. The second-order valence-electron chi connectivity index (χ2n) is 10.7. The van der Waals surface area contributed by atoms with Crippen molar-refractivity contribution in [1.82, 2.24) is 10.2 Å². The number of carbonyl (C=O) groups is 2. The number of nitrogens with zero attached hydrogens (tertiary/aromatic N) is 2. The van der Waals surface area contributed by atoms with E-state index in [9.17, 15) is 18.0 Å². The summed E-state index contributed by atoms with van der Waals surface area (Å²) in [5.74, 6) is -0.977. The van der Waals surface area contributed by atoms with Gasteiger partial charge in [-0.2, -0.15) is 0 Å². The van der Waals surface area contributed by atoms with Gasteiger partial charge in [0.25, 0.3) is 10.0 Å². The molecule has 1 aliphatic carbocycles. The molecular weight excluding hydrogens is 652 g/mol.